The summed E-state index contributed by atoms with van der Waals surface area (Å²) in [5.41, 5.74) is -0.963. The molecule has 8 heteroatoms. The number of amides is 1. The Morgan fingerprint density at radius 3 is 2.37 bits per heavy atom. The molecule has 0 aromatic heterocycles. The number of rotatable bonds is 5. The molecular weight excluding hydrogens is 469 g/mol. The van der Waals surface area contributed by atoms with E-state index in [1.165, 1.54) is 6.07 Å². The number of benzene rings is 1. The lowest BCUT2D eigenvalue weighted by atomic mass is 9.64. The van der Waals surface area contributed by atoms with Gasteiger partial charge in [0, 0.05) is 12.0 Å². The number of fused-ring (bicyclic) bond motifs is 1. The monoisotopic (exact) mass is 503 g/mol. The van der Waals surface area contributed by atoms with E-state index >= 15 is 0 Å². The van der Waals surface area contributed by atoms with Gasteiger partial charge in [-0.2, -0.15) is 0 Å². The molecule has 1 aliphatic rings. The minimum Gasteiger partial charge on any atom is -0.465 e. The molecule has 30 heavy (non-hydrogen) atoms. The van der Waals surface area contributed by atoms with Gasteiger partial charge in [-0.3, -0.25) is 4.90 Å². The standard InChI is InChI=1S/C22H35BrFNO4Si/c1-20(2,3)30(7,8)29-11-9-10-22(6)14-12-15(23)16(24)13-17(14)25(19(27)28)21(4,5)18(22)26/h12-13,18,26H,9-11H2,1-8H3,(H,27,28). The van der Waals surface area contributed by atoms with Gasteiger partial charge in [0.25, 0.3) is 0 Å². The van der Waals surface area contributed by atoms with Crippen molar-refractivity contribution in [2.24, 2.45) is 0 Å². The van der Waals surface area contributed by atoms with Crippen LogP contribution in [0.25, 0.3) is 0 Å². The summed E-state index contributed by atoms with van der Waals surface area (Å²) in [6.45, 7) is 16.8. The summed E-state index contributed by atoms with van der Waals surface area (Å²) in [4.78, 5) is 13.1. The summed E-state index contributed by atoms with van der Waals surface area (Å²) in [5.74, 6) is -0.532. The van der Waals surface area contributed by atoms with Crippen molar-refractivity contribution >= 4 is 36.0 Å². The number of hydrogen-bond acceptors (Lipinski definition) is 3. The molecule has 2 rings (SSSR count). The summed E-state index contributed by atoms with van der Waals surface area (Å²) in [6.07, 6.45) is -0.897. The van der Waals surface area contributed by atoms with Gasteiger partial charge >= 0.3 is 6.09 Å². The number of halogens is 2. The summed E-state index contributed by atoms with van der Waals surface area (Å²) in [5, 5.41) is 21.2. The maximum Gasteiger partial charge on any atom is 0.412 e. The van der Waals surface area contributed by atoms with Gasteiger partial charge in [0.15, 0.2) is 8.32 Å². The maximum atomic E-state index is 14.3. The molecule has 170 valence electrons. The number of aliphatic hydroxyl groups is 1. The van der Waals surface area contributed by atoms with Crippen LogP contribution in [0.15, 0.2) is 16.6 Å². The van der Waals surface area contributed by atoms with Crippen LogP contribution in [-0.4, -0.2) is 42.9 Å². The van der Waals surface area contributed by atoms with Gasteiger partial charge in [-0.05, 0) is 78.4 Å². The molecule has 0 saturated carbocycles. The van der Waals surface area contributed by atoms with E-state index in [1.807, 2.05) is 6.92 Å². The van der Waals surface area contributed by atoms with Gasteiger partial charge in [-0.15, -0.1) is 0 Å². The van der Waals surface area contributed by atoms with Crippen molar-refractivity contribution in [3.8, 4) is 0 Å². The molecule has 0 bridgehead atoms. The van der Waals surface area contributed by atoms with Crippen LogP contribution >= 0.6 is 15.9 Å². The first-order chi connectivity index (χ1) is 13.5. The zero-order valence-corrected chi connectivity index (χ0v) is 21.9. The topological polar surface area (TPSA) is 70.0 Å². The molecule has 0 saturated heterocycles. The normalized spacial score (nSPS) is 24.0. The van der Waals surface area contributed by atoms with Crippen molar-refractivity contribution in [2.45, 2.75) is 89.6 Å². The molecule has 2 N–H and O–H groups in total. The highest BCUT2D eigenvalue weighted by Crippen LogP contribution is 2.50. The van der Waals surface area contributed by atoms with Gasteiger partial charge < -0.3 is 14.6 Å². The van der Waals surface area contributed by atoms with E-state index in [2.05, 4.69) is 49.8 Å². The summed E-state index contributed by atoms with van der Waals surface area (Å²) in [7, 11) is -1.88. The lowest BCUT2D eigenvalue weighted by Crippen LogP contribution is -2.65. The number of aliphatic hydroxyl groups excluding tert-OH is 1. The Labute approximate surface area is 188 Å². The van der Waals surface area contributed by atoms with E-state index in [9.17, 15) is 19.4 Å². The van der Waals surface area contributed by atoms with Crippen molar-refractivity contribution in [2.75, 3.05) is 11.5 Å². The summed E-state index contributed by atoms with van der Waals surface area (Å²) >= 11 is 3.22. The second kappa shape index (κ2) is 8.19. The second-order valence-corrected chi connectivity index (χ2v) is 16.3. The molecular formula is C22H35BrFNO4Si. The third-order valence-corrected chi connectivity index (χ3v) is 12.2. The Bertz CT molecular complexity index is 824. The fourth-order valence-electron chi connectivity index (χ4n) is 4.14. The van der Waals surface area contributed by atoms with E-state index in [1.54, 1.807) is 19.9 Å². The largest absolute Gasteiger partial charge is 0.465 e. The number of anilines is 1. The number of hydrogen-bond donors (Lipinski definition) is 2. The minimum atomic E-state index is -1.88. The average Bonchev–Trinajstić information content (AvgIpc) is 2.58. The number of carbonyl (C=O) groups is 1. The molecule has 1 aliphatic heterocycles. The molecule has 1 amide bonds. The van der Waals surface area contributed by atoms with Crippen molar-refractivity contribution in [1.82, 2.24) is 0 Å². The number of nitrogens with zero attached hydrogens (tertiary/aromatic N) is 1. The van der Waals surface area contributed by atoms with E-state index in [0.29, 0.717) is 25.0 Å². The van der Waals surface area contributed by atoms with Crippen molar-refractivity contribution < 1.29 is 23.8 Å². The first-order valence-electron chi connectivity index (χ1n) is 10.3. The third-order valence-electron chi connectivity index (χ3n) is 7.04. The molecule has 1 heterocycles. The molecule has 0 spiro atoms. The first-order valence-corrected chi connectivity index (χ1v) is 14.0. The Hall–Kier alpha value is -0.963. The van der Waals surface area contributed by atoms with Gasteiger partial charge in [-0.1, -0.05) is 27.7 Å². The van der Waals surface area contributed by atoms with Crippen LogP contribution in [0.2, 0.25) is 18.1 Å². The fourth-order valence-corrected chi connectivity index (χ4v) is 5.57. The Kier molecular flexibility index (Phi) is 6.90. The molecule has 0 fully saturated rings. The first kappa shape index (κ1) is 25.3. The molecule has 1 aromatic rings. The Balaban J connectivity index is 2.40. The second-order valence-electron chi connectivity index (χ2n) is 10.6. The van der Waals surface area contributed by atoms with Crippen LogP contribution in [0, 0.1) is 5.82 Å². The Morgan fingerprint density at radius 2 is 1.87 bits per heavy atom. The molecule has 1 aromatic carbocycles. The highest BCUT2D eigenvalue weighted by molar-refractivity contribution is 9.10. The van der Waals surface area contributed by atoms with Gasteiger partial charge in [-0.25, -0.2) is 9.18 Å². The van der Waals surface area contributed by atoms with Crippen LogP contribution in [-0.2, 0) is 9.84 Å². The van der Waals surface area contributed by atoms with Crippen LogP contribution in [0.5, 0.6) is 0 Å². The predicted octanol–water partition coefficient (Wildman–Crippen LogP) is 6.29. The number of carboxylic acid groups (broad SMARTS) is 1. The van der Waals surface area contributed by atoms with E-state index in [4.69, 9.17) is 4.43 Å². The summed E-state index contributed by atoms with van der Waals surface area (Å²) in [6, 6.07) is 2.85. The lowest BCUT2D eigenvalue weighted by molar-refractivity contribution is 0.0143. The minimum absolute atomic E-state index is 0.111. The van der Waals surface area contributed by atoms with E-state index < -0.39 is 37.3 Å². The van der Waals surface area contributed by atoms with Crippen LogP contribution < -0.4 is 4.90 Å². The van der Waals surface area contributed by atoms with Crippen molar-refractivity contribution in [3.05, 3.63) is 28.0 Å². The predicted molar refractivity (Wildman–Crippen MR) is 124 cm³/mol. The van der Waals surface area contributed by atoms with Gasteiger partial charge in [0.2, 0.25) is 0 Å². The third kappa shape index (κ3) is 4.33. The molecule has 0 radical (unpaired) electrons. The average molecular weight is 505 g/mol. The van der Waals surface area contributed by atoms with Crippen molar-refractivity contribution in [3.63, 3.8) is 0 Å². The SMILES string of the molecule is CC1(CCCO[Si](C)(C)C(C)(C)C)c2cc(Br)c(F)cc2N(C(=O)O)C(C)(C)C1O. The zero-order chi connectivity index (χ0) is 23.3. The molecule has 0 aliphatic carbocycles. The Morgan fingerprint density at radius 1 is 1.30 bits per heavy atom. The molecule has 2 unspecified atom stereocenters. The van der Waals surface area contributed by atoms with Crippen LogP contribution in [0.1, 0.15) is 59.9 Å². The highest BCUT2D eigenvalue weighted by Gasteiger charge is 2.54. The van der Waals surface area contributed by atoms with Gasteiger partial charge in [0.05, 0.1) is 21.8 Å². The maximum absolute atomic E-state index is 14.3. The molecule has 5 nitrogen and oxygen atoms in total. The van der Waals surface area contributed by atoms with Crippen LogP contribution in [0.4, 0.5) is 14.9 Å². The highest BCUT2D eigenvalue weighted by atomic mass is 79.9. The van der Waals surface area contributed by atoms with E-state index in [0.717, 1.165) is 4.90 Å². The lowest BCUT2D eigenvalue weighted by Gasteiger charge is -2.53. The fraction of sp³-hybridized carbons (Fsp3) is 0.682. The van der Waals surface area contributed by atoms with E-state index in [-0.39, 0.29) is 15.2 Å². The quantitative estimate of drug-likeness (QED) is 0.366. The molecule has 2 atom stereocenters. The zero-order valence-electron chi connectivity index (χ0n) is 19.3. The van der Waals surface area contributed by atoms with Crippen LogP contribution in [0.3, 0.4) is 0 Å². The smallest absolute Gasteiger partial charge is 0.412 e. The van der Waals surface area contributed by atoms with Gasteiger partial charge in [0.1, 0.15) is 5.82 Å². The van der Waals surface area contributed by atoms with Crippen molar-refractivity contribution in [1.29, 1.82) is 0 Å². The summed E-state index contributed by atoms with van der Waals surface area (Å²) < 4.78 is 20.9.